The van der Waals surface area contributed by atoms with Gasteiger partial charge in [0.2, 0.25) is 0 Å². The molecule has 0 aromatic heterocycles. The van der Waals surface area contributed by atoms with Crippen molar-refractivity contribution >= 4 is 5.97 Å². The predicted octanol–water partition coefficient (Wildman–Crippen LogP) is 4.36. The molecule has 5 nitrogen and oxygen atoms in total. The molecule has 3 rings (SSSR count). The average molecular weight is 417 g/mol. The summed E-state index contributed by atoms with van der Waals surface area (Å²) in [6, 6.07) is 0. The number of hydrogen-bond donors (Lipinski definition) is 2. The molecule has 0 bridgehead atoms. The lowest BCUT2D eigenvalue weighted by Crippen LogP contribution is -2.43. The number of aliphatic hydroxyl groups excluding tert-OH is 1. The number of esters is 1. The van der Waals surface area contributed by atoms with E-state index >= 15 is 0 Å². The lowest BCUT2D eigenvalue weighted by Gasteiger charge is -2.41. The Labute approximate surface area is 180 Å². The number of rotatable bonds is 6. The summed E-state index contributed by atoms with van der Waals surface area (Å²) in [6.07, 6.45) is 11.5. The minimum atomic E-state index is -1.61. The van der Waals surface area contributed by atoms with Crippen molar-refractivity contribution in [1.29, 1.82) is 0 Å². The number of ether oxygens (including phenoxy) is 2. The van der Waals surface area contributed by atoms with Crippen LogP contribution >= 0.6 is 0 Å². The van der Waals surface area contributed by atoms with E-state index in [1.807, 2.05) is 6.08 Å². The molecule has 3 aliphatic carbocycles. The van der Waals surface area contributed by atoms with E-state index in [9.17, 15) is 15.0 Å². The summed E-state index contributed by atoms with van der Waals surface area (Å²) >= 11 is 0. The van der Waals surface area contributed by atoms with Crippen molar-refractivity contribution in [2.24, 2.45) is 11.3 Å². The Morgan fingerprint density at radius 1 is 1.37 bits per heavy atom. The molecule has 0 saturated heterocycles. The minimum Gasteiger partial charge on any atom is -0.464 e. The number of fused-ring (bicyclic) bond motifs is 1. The van der Waals surface area contributed by atoms with Crippen molar-refractivity contribution in [3.63, 3.8) is 0 Å². The average Bonchev–Trinajstić information content (AvgIpc) is 3.05. The molecular formula is C25H36O5. The highest BCUT2D eigenvalue weighted by Crippen LogP contribution is 2.55. The van der Waals surface area contributed by atoms with Crippen LogP contribution in [0.3, 0.4) is 0 Å². The van der Waals surface area contributed by atoms with Crippen LogP contribution in [0.5, 0.6) is 0 Å². The summed E-state index contributed by atoms with van der Waals surface area (Å²) in [5.41, 5.74) is 4.63. The monoisotopic (exact) mass is 416 g/mol. The standard InChI is InChI=1S/C25H36O5/c1-5-20-11-12-21-18(8-7-13-24(20,21)4)9-10-19-14-25(28,15-22(26)17(19)3)30-16-23(27)29-6-2/h9-11,21-22,26,28H,3,5-8,12-16H2,1-2,4H3/t21-,22-,24+,25-/m0/s1. The van der Waals surface area contributed by atoms with Gasteiger partial charge in [-0.15, -0.1) is 0 Å². The van der Waals surface area contributed by atoms with Crippen molar-refractivity contribution in [3.8, 4) is 0 Å². The van der Waals surface area contributed by atoms with E-state index in [-0.39, 0.29) is 31.5 Å². The lowest BCUT2D eigenvalue weighted by atomic mass is 9.64. The number of allylic oxidation sites excluding steroid dienone is 5. The van der Waals surface area contributed by atoms with E-state index in [4.69, 9.17) is 9.47 Å². The van der Waals surface area contributed by atoms with Gasteiger partial charge in [0.15, 0.2) is 5.79 Å². The van der Waals surface area contributed by atoms with E-state index in [2.05, 4.69) is 32.6 Å². The molecular weight excluding hydrogens is 380 g/mol. The van der Waals surface area contributed by atoms with E-state index in [1.54, 1.807) is 12.5 Å². The van der Waals surface area contributed by atoms with Crippen molar-refractivity contribution in [2.75, 3.05) is 13.2 Å². The van der Waals surface area contributed by atoms with Gasteiger partial charge in [0.25, 0.3) is 0 Å². The van der Waals surface area contributed by atoms with Gasteiger partial charge in [-0.3, -0.25) is 0 Å². The molecule has 2 saturated carbocycles. The first-order chi connectivity index (χ1) is 14.2. The van der Waals surface area contributed by atoms with Crippen LogP contribution in [0.4, 0.5) is 0 Å². The van der Waals surface area contributed by atoms with Crippen LogP contribution in [0.15, 0.2) is 47.1 Å². The van der Waals surface area contributed by atoms with Crippen LogP contribution in [0.2, 0.25) is 0 Å². The maximum Gasteiger partial charge on any atom is 0.332 e. The van der Waals surface area contributed by atoms with Crippen LogP contribution in [0.25, 0.3) is 0 Å². The van der Waals surface area contributed by atoms with Gasteiger partial charge < -0.3 is 19.7 Å². The molecule has 0 radical (unpaired) electrons. The maximum atomic E-state index is 11.6. The first kappa shape index (κ1) is 23.0. The molecule has 0 aromatic carbocycles. The topological polar surface area (TPSA) is 76.0 Å². The number of carbonyl (C=O) groups is 1. The van der Waals surface area contributed by atoms with Crippen LogP contribution in [-0.4, -0.2) is 41.3 Å². The van der Waals surface area contributed by atoms with E-state index in [0.717, 1.165) is 24.8 Å². The second-order valence-electron chi connectivity index (χ2n) is 9.04. The van der Waals surface area contributed by atoms with Gasteiger partial charge in [0, 0.05) is 12.8 Å². The van der Waals surface area contributed by atoms with Crippen LogP contribution in [0, 0.1) is 11.3 Å². The zero-order valence-electron chi connectivity index (χ0n) is 18.6. The van der Waals surface area contributed by atoms with Crippen LogP contribution in [-0.2, 0) is 14.3 Å². The van der Waals surface area contributed by atoms with Gasteiger partial charge >= 0.3 is 5.97 Å². The van der Waals surface area contributed by atoms with Crippen molar-refractivity contribution in [2.45, 2.75) is 77.6 Å². The van der Waals surface area contributed by atoms with Crippen LogP contribution < -0.4 is 0 Å². The molecule has 4 atom stereocenters. The van der Waals surface area contributed by atoms with Crippen molar-refractivity contribution in [1.82, 2.24) is 0 Å². The molecule has 30 heavy (non-hydrogen) atoms. The highest BCUT2D eigenvalue weighted by Gasteiger charge is 2.44. The lowest BCUT2D eigenvalue weighted by molar-refractivity contribution is -0.225. The zero-order chi connectivity index (χ0) is 21.9. The number of hydrogen-bond acceptors (Lipinski definition) is 5. The third kappa shape index (κ3) is 4.63. The first-order valence-corrected chi connectivity index (χ1v) is 11.2. The van der Waals surface area contributed by atoms with E-state index < -0.39 is 17.9 Å². The Hall–Kier alpha value is -1.69. The van der Waals surface area contributed by atoms with Crippen molar-refractivity contribution in [3.05, 3.63) is 47.1 Å². The summed E-state index contributed by atoms with van der Waals surface area (Å²) in [4.78, 5) is 11.6. The fraction of sp³-hybridized carbons (Fsp3) is 0.640. The van der Waals surface area contributed by atoms with Gasteiger partial charge in [-0.25, -0.2) is 4.79 Å². The van der Waals surface area contributed by atoms with Crippen LogP contribution in [0.1, 0.15) is 65.7 Å². The van der Waals surface area contributed by atoms with Gasteiger partial charge in [-0.05, 0) is 61.5 Å². The highest BCUT2D eigenvalue weighted by molar-refractivity contribution is 5.70. The normalized spacial score (nSPS) is 36.7. The fourth-order valence-electron chi connectivity index (χ4n) is 5.46. The third-order valence-electron chi connectivity index (χ3n) is 7.15. The summed E-state index contributed by atoms with van der Waals surface area (Å²) in [5, 5.41) is 21.3. The molecule has 166 valence electrons. The summed E-state index contributed by atoms with van der Waals surface area (Å²) < 4.78 is 10.3. The second kappa shape index (κ2) is 9.21. The van der Waals surface area contributed by atoms with Gasteiger partial charge in [0.05, 0.1) is 12.7 Å². The van der Waals surface area contributed by atoms with E-state index in [1.165, 1.54) is 18.4 Å². The Bertz CT molecular complexity index is 776. The summed E-state index contributed by atoms with van der Waals surface area (Å²) in [5.74, 6) is -1.61. The smallest absolute Gasteiger partial charge is 0.332 e. The summed E-state index contributed by atoms with van der Waals surface area (Å²) in [6.45, 7) is 10.3. The predicted molar refractivity (Wildman–Crippen MR) is 117 cm³/mol. The van der Waals surface area contributed by atoms with E-state index in [0.29, 0.717) is 11.5 Å². The molecule has 0 aliphatic heterocycles. The molecule has 0 aromatic rings. The van der Waals surface area contributed by atoms with Gasteiger partial charge in [-0.1, -0.05) is 49.8 Å². The molecule has 0 spiro atoms. The van der Waals surface area contributed by atoms with Gasteiger partial charge in [-0.2, -0.15) is 0 Å². The molecule has 2 N–H and O–H groups in total. The highest BCUT2D eigenvalue weighted by atomic mass is 16.6. The molecule has 5 heteroatoms. The molecule has 2 fully saturated rings. The molecule has 3 aliphatic rings. The number of aliphatic hydroxyl groups is 2. The van der Waals surface area contributed by atoms with Gasteiger partial charge in [0.1, 0.15) is 6.61 Å². The zero-order valence-corrected chi connectivity index (χ0v) is 18.6. The van der Waals surface area contributed by atoms with Crippen molar-refractivity contribution < 1.29 is 24.5 Å². The summed E-state index contributed by atoms with van der Waals surface area (Å²) in [7, 11) is 0. The SMILES string of the molecule is C=C1C(=CC=C2CCC[C@]3(C)C(CC)=CC[C@@H]23)C[C@](O)(OCC(=O)OCC)C[C@@H]1O. The minimum absolute atomic E-state index is 0.0103. The Kier molecular flexibility index (Phi) is 7.05. The molecule has 0 unspecified atom stereocenters. The second-order valence-corrected chi connectivity index (χ2v) is 9.04. The Morgan fingerprint density at radius 2 is 2.13 bits per heavy atom. The largest absolute Gasteiger partial charge is 0.464 e. The fourth-order valence-corrected chi connectivity index (χ4v) is 5.46. The Morgan fingerprint density at radius 3 is 2.83 bits per heavy atom. The molecule has 0 heterocycles. The third-order valence-corrected chi connectivity index (χ3v) is 7.15. The molecule has 0 amide bonds. The Balaban J connectivity index is 1.76. The quantitative estimate of drug-likeness (QED) is 0.382. The maximum absolute atomic E-state index is 11.6. The first-order valence-electron chi connectivity index (χ1n) is 11.2. The number of carbonyl (C=O) groups excluding carboxylic acids is 1.